The van der Waals surface area contributed by atoms with Gasteiger partial charge in [-0.25, -0.2) is 0 Å². The second-order valence-electron chi connectivity index (χ2n) is 4.16. The van der Waals surface area contributed by atoms with Gasteiger partial charge >= 0.3 is 0 Å². The lowest BCUT2D eigenvalue weighted by atomic mass is 9.93. The fourth-order valence-electron chi connectivity index (χ4n) is 0.945. The lowest BCUT2D eigenvalue weighted by Gasteiger charge is -2.23. The van der Waals surface area contributed by atoms with Crippen molar-refractivity contribution in [2.45, 2.75) is 6.92 Å². The molecule has 0 unspecified atom stereocenters. The first-order valence-electron chi connectivity index (χ1n) is 5.52. The summed E-state index contributed by atoms with van der Waals surface area (Å²) in [7, 11) is 0. The number of aryl methyl sites for hydroxylation is 1. The normalized spacial score (nSPS) is 10.5. The molecular weight excluding hydrogens is 236 g/mol. The van der Waals surface area contributed by atoms with Crippen LogP contribution in [0.2, 0.25) is 0 Å². The van der Waals surface area contributed by atoms with Crippen molar-refractivity contribution in [3.8, 4) is 0 Å². The zero-order chi connectivity index (χ0) is 14.0. The molecule has 0 aliphatic heterocycles. The first-order chi connectivity index (χ1) is 8.57. The number of aliphatic hydroxyl groups excluding tert-OH is 4. The molecule has 4 N–H and O–H groups in total. The van der Waals surface area contributed by atoms with Crippen LogP contribution in [0.1, 0.15) is 15.9 Å². The van der Waals surface area contributed by atoms with Gasteiger partial charge in [0.25, 0.3) is 0 Å². The Morgan fingerprint density at radius 3 is 1.56 bits per heavy atom. The molecule has 0 radical (unpaired) electrons. The molecule has 0 aliphatic carbocycles. The summed E-state index contributed by atoms with van der Waals surface area (Å²) in [5, 5.41) is 34.0. The Bertz CT molecular complexity index is 312. The Balaban J connectivity index is 0.000000321. The van der Waals surface area contributed by atoms with Crippen molar-refractivity contribution in [1.29, 1.82) is 0 Å². The largest absolute Gasteiger partial charge is 0.396 e. The third-order valence-electron chi connectivity index (χ3n) is 2.56. The average molecular weight is 256 g/mol. The Morgan fingerprint density at radius 1 is 0.944 bits per heavy atom. The number of rotatable bonds is 5. The highest BCUT2D eigenvalue weighted by molar-refractivity contribution is 5.74. The van der Waals surface area contributed by atoms with Crippen LogP contribution in [0, 0.1) is 12.3 Å². The highest BCUT2D eigenvalue weighted by atomic mass is 16.3. The molecule has 0 heterocycles. The molecule has 1 aromatic rings. The third-order valence-corrected chi connectivity index (χ3v) is 2.56. The number of carbonyl (C=O) groups is 1. The van der Waals surface area contributed by atoms with Crippen molar-refractivity contribution < 1.29 is 25.2 Å². The van der Waals surface area contributed by atoms with Gasteiger partial charge in [0, 0.05) is 5.56 Å². The SMILES string of the molecule is Cc1ccc(C=O)cc1.OCC(CO)(CO)CO. The number of hydrogen-bond acceptors (Lipinski definition) is 5. The Morgan fingerprint density at radius 2 is 1.33 bits per heavy atom. The van der Waals surface area contributed by atoms with E-state index in [4.69, 9.17) is 20.4 Å². The topological polar surface area (TPSA) is 98.0 Å². The summed E-state index contributed by atoms with van der Waals surface area (Å²) < 4.78 is 0. The lowest BCUT2D eigenvalue weighted by Crippen LogP contribution is -2.37. The van der Waals surface area contributed by atoms with Crippen LogP contribution in [0.4, 0.5) is 0 Å². The fourth-order valence-corrected chi connectivity index (χ4v) is 0.945. The Kier molecular flexibility index (Phi) is 8.15. The van der Waals surface area contributed by atoms with Crippen LogP contribution in [0.3, 0.4) is 0 Å². The Labute approximate surface area is 106 Å². The third kappa shape index (κ3) is 5.37. The van der Waals surface area contributed by atoms with Gasteiger partial charge in [-0.2, -0.15) is 0 Å². The summed E-state index contributed by atoms with van der Waals surface area (Å²) in [4.78, 5) is 10.1. The molecular formula is C13H20O5. The van der Waals surface area contributed by atoms with E-state index in [-0.39, 0.29) is 0 Å². The fraction of sp³-hybridized carbons (Fsp3) is 0.462. The number of benzene rings is 1. The van der Waals surface area contributed by atoms with Crippen molar-refractivity contribution in [1.82, 2.24) is 0 Å². The van der Waals surface area contributed by atoms with Crippen LogP contribution < -0.4 is 0 Å². The molecule has 1 rings (SSSR count). The van der Waals surface area contributed by atoms with Crippen molar-refractivity contribution in [2.75, 3.05) is 26.4 Å². The zero-order valence-corrected chi connectivity index (χ0v) is 10.4. The van der Waals surface area contributed by atoms with E-state index in [1.54, 1.807) is 0 Å². The molecule has 0 atom stereocenters. The van der Waals surface area contributed by atoms with Gasteiger partial charge in [0.2, 0.25) is 0 Å². The van der Waals surface area contributed by atoms with E-state index in [1.807, 2.05) is 31.2 Å². The van der Waals surface area contributed by atoms with E-state index >= 15 is 0 Å². The second-order valence-corrected chi connectivity index (χ2v) is 4.16. The van der Waals surface area contributed by atoms with Crippen molar-refractivity contribution in [3.05, 3.63) is 35.4 Å². The highest BCUT2D eigenvalue weighted by Gasteiger charge is 2.26. The maximum Gasteiger partial charge on any atom is 0.150 e. The summed E-state index contributed by atoms with van der Waals surface area (Å²) >= 11 is 0. The quantitative estimate of drug-likeness (QED) is 0.545. The molecule has 5 heteroatoms. The molecule has 0 fully saturated rings. The van der Waals surface area contributed by atoms with Crippen LogP contribution in [0.15, 0.2) is 24.3 Å². The van der Waals surface area contributed by atoms with Crippen LogP contribution in [0.5, 0.6) is 0 Å². The van der Waals surface area contributed by atoms with E-state index in [1.165, 1.54) is 5.56 Å². The van der Waals surface area contributed by atoms with Gasteiger partial charge in [0.1, 0.15) is 6.29 Å². The number of aldehydes is 1. The average Bonchev–Trinajstić information content (AvgIpc) is 2.44. The van der Waals surface area contributed by atoms with Crippen LogP contribution in [-0.2, 0) is 0 Å². The Hall–Kier alpha value is -1.27. The van der Waals surface area contributed by atoms with Crippen molar-refractivity contribution >= 4 is 6.29 Å². The van der Waals surface area contributed by atoms with E-state index in [0.29, 0.717) is 0 Å². The molecule has 0 aliphatic rings. The lowest BCUT2D eigenvalue weighted by molar-refractivity contribution is -0.0328. The van der Waals surface area contributed by atoms with Gasteiger partial charge < -0.3 is 20.4 Å². The summed E-state index contributed by atoms with van der Waals surface area (Å²) in [6.07, 6.45) is 0.847. The standard InChI is InChI=1S/C8H8O.C5H12O4/c1-7-2-4-8(6-9)5-3-7;6-1-5(2-7,3-8)4-9/h2-6H,1H3;6-9H,1-4H2. The predicted octanol–water partition coefficient (Wildman–Crippen LogP) is -0.250. The van der Waals surface area contributed by atoms with Gasteiger partial charge in [0.15, 0.2) is 0 Å². The van der Waals surface area contributed by atoms with Crippen LogP contribution in [0.25, 0.3) is 0 Å². The molecule has 102 valence electrons. The molecule has 0 amide bonds. The van der Waals surface area contributed by atoms with Crippen LogP contribution >= 0.6 is 0 Å². The molecule has 5 nitrogen and oxygen atoms in total. The minimum atomic E-state index is -1.11. The molecule has 18 heavy (non-hydrogen) atoms. The van der Waals surface area contributed by atoms with Gasteiger partial charge in [-0.3, -0.25) is 4.79 Å². The van der Waals surface area contributed by atoms with Gasteiger partial charge in [-0.05, 0) is 6.92 Å². The highest BCUT2D eigenvalue weighted by Crippen LogP contribution is 2.11. The van der Waals surface area contributed by atoms with E-state index < -0.39 is 31.8 Å². The monoisotopic (exact) mass is 256 g/mol. The second kappa shape index (κ2) is 8.77. The van der Waals surface area contributed by atoms with Crippen LogP contribution in [-0.4, -0.2) is 53.1 Å². The summed E-state index contributed by atoms with van der Waals surface area (Å²) in [5.74, 6) is 0. The first kappa shape index (κ1) is 16.7. The minimum absolute atomic E-state index is 0.406. The summed E-state index contributed by atoms with van der Waals surface area (Å²) in [5.41, 5.74) is 0.807. The van der Waals surface area contributed by atoms with E-state index in [2.05, 4.69) is 0 Å². The zero-order valence-electron chi connectivity index (χ0n) is 10.4. The molecule has 0 spiro atoms. The van der Waals surface area contributed by atoms with E-state index in [0.717, 1.165) is 11.8 Å². The summed E-state index contributed by atoms with van der Waals surface area (Å²) in [6, 6.07) is 7.46. The molecule has 0 bridgehead atoms. The predicted molar refractivity (Wildman–Crippen MR) is 67.3 cm³/mol. The number of hydrogen-bond donors (Lipinski definition) is 4. The van der Waals surface area contributed by atoms with Crippen molar-refractivity contribution in [3.63, 3.8) is 0 Å². The first-order valence-corrected chi connectivity index (χ1v) is 5.52. The number of aliphatic hydroxyl groups is 4. The smallest absolute Gasteiger partial charge is 0.150 e. The molecule has 0 saturated heterocycles. The molecule has 0 aromatic heterocycles. The summed E-state index contributed by atoms with van der Waals surface area (Å²) in [6.45, 7) is 0.370. The molecule has 1 aromatic carbocycles. The minimum Gasteiger partial charge on any atom is -0.396 e. The molecule has 0 saturated carbocycles. The van der Waals surface area contributed by atoms with E-state index in [9.17, 15) is 4.79 Å². The van der Waals surface area contributed by atoms with Gasteiger partial charge in [-0.1, -0.05) is 29.8 Å². The van der Waals surface area contributed by atoms with Gasteiger partial charge in [-0.15, -0.1) is 0 Å². The maximum atomic E-state index is 10.1. The maximum absolute atomic E-state index is 10.1. The van der Waals surface area contributed by atoms with Crippen molar-refractivity contribution in [2.24, 2.45) is 5.41 Å². The van der Waals surface area contributed by atoms with Gasteiger partial charge in [0.05, 0.1) is 31.8 Å². The number of carbonyl (C=O) groups excluding carboxylic acids is 1.